The average molecular weight is 279 g/mol. The van der Waals surface area contributed by atoms with Gasteiger partial charge in [-0.1, -0.05) is 12.1 Å². The van der Waals surface area contributed by atoms with Gasteiger partial charge in [0, 0.05) is 12.5 Å². The summed E-state index contributed by atoms with van der Waals surface area (Å²) in [4.78, 5) is 12.0. The highest BCUT2D eigenvalue weighted by Gasteiger charge is 2.34. The van der Waals surface area contributed by atoms with E-state index in [1.54, 1.807) is 19.9 Å². The first-order valence-electron chi connectivity index (χ1n) is 7.17. The molecule has 1 aromatic rings. The first-order valence-corrected chi connectivity index (χ1v) is 7.17. The Morgan fingerprint density at radius 2 is 2.20 bits per heavy atom. The normalized spacial score (nSPS) is 17.6. The maximum absolute atomic E-state index is 13.4. The molecule has 1 unspecified atom stereocenters. The molecule has 0 saturated heterocycles. The van der Waals surface area contributed by atoms with E-state index in [2.05, 4.69) is 5.32 Å². The number of nitrogens with one attached hydrogen (secondary N) is 1. The average Bonchev–Trinajstić information content (AvgIpc) is 3.23. The summed E-state index contributed by atoms with van der Waals surface area (Å²) in [7, 11) is 0. The van der Waals surface area contributed by atoms with Crippen molar-refractivity contribution in [2.24, 2.45) is 5.92 Å². The predicted molar refractivity (Wildman–Crippen MR) is 75.9 cm³/mol. The minimum absolute atomic E-state index is 0.0505. The maximum Gasteiger partial charge on any atom is 0.220 e. The van der Waals surface area contributed by atoms with Gasteiger partial charge in [0.15, 0.2) is 0 Å². The topological polar surface area (TPSA) is 49.3 Å². The minimum Gasteiger partial charge on any atom is -0.394 e. The van der Waals surface area contributed by atoms with E-state index in [-0.39, 0.29) is 30.3 Å². The van der Waals surface area contributed by atoms with Crippen molar-refractivity contribution in [3.8, 4) is 0 Å². The van der Waals surface area contributed by atoms with Crippen molar-refractivity contribution in [2.45, 2.75) is 45.1 Å². The van der Waals surface area contributed by atoms with Crippen molar-refractivity contribution in [2.75, 3.05) is 6.61 Å². The summed E-state index contributed by atoms with van der Waals surface area (Å²) in [5.74, 6) is 0.419. The van der Waals surface area contributed by atoms with Gasteiger partial charge >= 0.3 is 0 Å². The third-order valence-corrected chi connectivity index (χ3v) is 3.89. The van der Waals surface area contributed by atoms with Gasteiger partial charge in [0.25, 0.3) is 0 Å². The molecule has 1 fully saturated rings. The lowest BCUT2D eigenvalue weighted by atomic mass is 9.89. The second-order valence-electron chi connectivity index (χ2n) is 5.81. The van der Waals surface area contributed by atoms with Crippen molar-refractivity contribution in [3.05, 3.63) is 35.1 Å². The van der Waals surface area contributed by atoms with Crippen molar-refractivity contribution < 1.29 is 14.3 Å². The lowest BCUT2D eigenvalue weighted by Crippen LogP contribution is -2.35. The fourth-order valence-corrected chi connectivity index (χ4v) is 2.53. The molecule has 2 rings (SSSR count). The number of rotatable bonds is 6. The van der Waals surface area contributed by atoms with Crippen molar-refractivity contribution >= 4 is 5.91 Å². The van der Waals surface area contributed by atoms with Crippen LogP contribution in [0.2, 0.25) is 0 Å². The van der Waals surface area contributed by atoms with Gasteiger partial charge in [-0.05, 0) is 55.7 Å². The van der Waals surface area contributed by atoms with Crippen LogP contribution in [0.25, 0.3) is 0 Å². The molecule has 2 N–H and O–H groups in total. The largest absolute Gasteiger partial charge is 0.394 e. The number of halogens is 1. The van der Waals surface area contributed by atoms with Gasteiger partial charge < -0.3 is 10.4 Å². The summed E-state index contributed by atoms with van der Waals surface area (Å²) in [6.45, 7) is 3.46. The molecule has 1 aliphatic rings. The number of aliphatic hydroxyl groups excluding tert-OH is 1. The number of aliphatic hydroxyl groups is 1. The van der Waals surface area contributed by atoms with E-state index in [9.17, 15) is 9.18 Å². The number of hydrogen-bond acceptors (Lipinski definition) is 2. The minimum atomic E-state index is -0.225. The van der Waals surface area contributed by atoms with E-state index < -0.39 is 0 Å². The smallest absolute Gasteiger partial charge is 0.220 e. The summed E-state index contributed by atoms with van der Waals surface area (Å²) < 4.78 is 13.4. The highest BCUT2D eigenvalue weighted by molar-refractivity contribution is 5.77. The van der Waals surface area contributed by atoms with Gasteiger partial charge in [0.1, 0.15) is 5.82 Å². The highest BCUT2D eigenvalue weighted by Crippen LogP contribution is 2.44. The van der Waals surface area contributed by atoms with Gasteiger partial charge in [-0.25, -0.2) is 4.39 Å². The van der Waals surface area contributed by atoms with Gasteiger partial charge in [0.05, 0.1) is 6.61 Å². The molecular weight excluding hydrogens is 257 g/mol. The first-order chi connectivity index (χ1) is 9.51. The Balaban J connectivity index is 2.07. The van der Waals surface area contributed by atoms with Crippen LogP contribution < -0.4 is 5.32 Å². The summed E-state index contributed by atoms with van der Waals surface area (Å²) >= 11 is 0. The molecule has 0 aliphatic heterocycles. The van der Waals surface area contributed by atoms with E-state index in [4.69, 9.17) is 5.11 Å². The zero-order chi connectivity index (χ0) is 14.7. The standard InChI is InChI=1S/C16H22FNO2/c1-10-7-13(5-6-15(10)17)14(12-3-4-12)8-16(20)18-11(2)9-19/h5-7,11-12,14,19H,3-4,8-9H2,1-2H3,(H,18,20)/t11-,14?/m0/s1. The van der Waals surface area contributed by atoms with Crippen molar-refractivity contribution in [1.29, 1.82) is 0 Å². The number of hydrogen-bond donors (Lipinski definition) is 2. The second-order valence-corrected chi connectivity index (χ2v) is 5.81. The Labute approximate surface area is 119 Å². The first kappa shape index (κ1) is 15.0. The van der Waals surface area contributed by atoms with E-state index in [1.807, 2.05) is 6.07 Å². The van der Waals surface area contributed by atoms with Gasteiger partial charge in [-0.2, -0.15) is 0 Å². The van der Waals surface area contributed by atoms with E-state index in [0.29, 0.717) is 17.9 Å². The molecular formula is C16H22FNO2. The van der Waals surface area contributed by atoms with Crippen molar-refractivity contribution in [3.63, 3.8) is 0 Å². The predicted octanol–water partition coefficient (Wildman–Crippen LogP) is 2.51. The molecule has 3 nitrogen and oxygen atoms in total. The van der Waals surface area contributed by atoms with Crippen LogP contribution >= 0.6 is 0 Å². The van der Waals surface area contributed by atoms with Crippen LogP contribution in [0.15, 0.2) is 18.2 Å². The zero-order valence-electron chi connectivity index (χ0n) is 12.0. The van der Waals surface area contributed by atoms with Gasteiger partial charge in [-0.3, -0.25) is 4.79 Å². The molecule has 20 heavy (non-hydrogen) atoms. The molecule has 2 atom stereocenters. The number of benzene rings is 1. The van der Waals surface area contributed by atoms with Crippen molar-refractivity contribution in [1.82, 2.24) is 5.32 Å². The molecule has 1 aliphatic carbocycles. The zero-order valence-corrected chi connectivity index (χ0v) is 12.0. The molecule has 0 radical (unpaired) electrons. The molecule has 0 heterocycles. The number of carbonyl (C=O) groups is 1. The van der Waals surface area contributed by atoms with Crippen LogP contribution in [0.4, 0.5) is 4.39 Å². The maximum atomic E-state index is 13.4. The molecule has 0 spiro atoms. The number of carbonyl (C=O) groups excluding carboxylic acids is 1. The Morgan fingerprint density at radius 1 is 1.50 bits per heavy atom. The van der Waals surface area contributed by atoms with Gasteiger partial charge in [-0.15, -0.1) is 0 Å². The summed E-state index contributed by atoms with van der Waals surface area (Å²) in [6.07, 6.45) is 2.66. The van der Waals surface area contributed by atoms with Crippen LogP contribution in [0.5, 0.6) is 0 Å². The fraction of sp³-hybridized carbons (Fsp3) is 0.562. The summed E-state index contributed by atoms with van der Waals surface area (Å²) in [6, 6.07) is 4.89. The monoisotopic (exact) mass is 279 g/mol. The van der Waals surface area contributed by atoms with Crippen LogP contribution in [-0.4, -0.2) is 23.7 Å². The SMILES string of the molecule is Cc1cc(C(CC(=O)N[C@@H](C)CO)C2CC2)ccc1F. The van der Waals surface area contributed by atoms with Crippen LogP contribution in [0, 0.1) is 18.7 Å². The van der Waals surface area contributed by atoms with E-state index >= 15 is 0 Å². The van der Waals surface area contributed by atoms with E-state index in [1.165, 1.54) is 6.07 Å². The molecule has 1 amide bonds. The van der Waals surface area contributed by atoms with Crippen LogP contribution in [0.3, 0.4) is 0 Å². The molecule has 0 bridgehead atoms. The van der Waals surface area contributed by atoms with Gasteiger partial charge in [0.2, 0.25) is 5.91 Å². The molecule has 4 heteroatoms. The van der Waals surface area contributed by atoms with Crippen LogP contribution in [-0.2, 0) is 4.79 Å². The Bertz CT molecular complexity index is 485. The van der Waals surface area contributed by atoms with Crippen LogP contribution in [0.1, 0.15) is 43.2 Å². The Hall–Kier alpha value is -1.42. The molecule has 0 aromatic heterocycles. The highest BCUT2D eigenvalue weighted by atomic mass is 19.1. The number of aryl methyl sites for hydroxylation is 1. The Morgan fingerprint density at radius 3 is 2.75 bits per heavy atom. The van der Waals surface area contributed by atoms with E-state index in [0.717, 1.165) is 18.4 Å². The second kappa shape index (κ2) is 6.35. The lowest BCUT2D eigenvalue weighted by molar-refractivity contribution is -0.122. The quantitative estimate of drug-likeness (QED) is 0.840. The lowest BCUT2D eigenvalue weighted by Gasteiger charge is -2.19. The summed E-state index contributed by atoms with van der Waals surface area (Å²) in [5.41, 5.74) is 1.66. The molecule has 1 saturated carbocycles. The third-order valence-electron chi connectivity index (χ3n) is 3.89. The third kappa shape index (κ3) is 3.79. The number of amides is 1. The fourth-order valence-electron chi connectivity index (χ4n) is 2.53. The summed E-state index contributed by atoms with van der Waals surface area (Å²) in [5, 5.41) is 11.7. The Kier molecular flexibility index (Phi) is 4.76. The molecule has 1 aromatic carbocycles. The molecule has 110 valence electrons.